The van der Waals surface area contributed by atoms with Crippen LogP contribution < -0.4 is 5.32 Å². The minimum absolute atomic E-state index is 0.282. The molecule has 138 valence electrons. The smallest absolute Gasteiger partial charge is 0.0994 e. The highest BCUT2D eigenvalue weighted by Gasteiger charge is 2.42. The zero-order valence-electron chi connectivity index (χ0n) is 15.0. The van der Waals surface area contributed by atoms with Crippen LogP contribution in [0.3, 0.4) is 0 Å². The predicted molar refractivity (Wildman–Crippen MR) is 104 cm³/mol. The molecule has 26 heavy (non-hydrogen) atoms. The van der Waals surface area contributed by atoms with Crippen LogP contribution in [0.4, 0.5) is 0 Å². The van der Waals surface area contributed by atoms with Gasteiger partial charge in [0.05, 0.1) is 31.5 Å². The molecule has 1 N–H and O–H groups in total. The molecule has 4 aliphatic rings. The molecular formula is C21H26ClN3O. The summed E-state index contributed by atoms with van der Waals surface area (Å²) >= 11 is 6.12. The number of morpholine rings is 1. The molecule has 1 saturated carbocycles. The number of benzene rings is 1. The second kappa shape index (κ2) is 7.01. The van der Waals surface area contributed by atoms with E-state index in [9.17, 15) is 0 Å². The van der Waals surface area contributed by atoms with E-state index in [1.807, 2.05) is 12.1 Å². The van der Waals surface area contributed by atoms with Crippen LogP contribution in [-0.4, -0.2) is 54.9 Å². The van der Waals surface area contributed by atoms with Gasteiger partial charge in [-0.1, -0.05) is 29.8 Å². The molecule has 3 atom stereocenters. The summed E-state index contributed by atoms with van der Waals surface area (Å²) in [5, 5.41) is 4.64. The van der Waals surface area contributed by atoms with Gasteiger partial charge < -0.3 is 9.64 Å². The van der Waals surface area contributed by atoms with E-state index in [0.717, 1.165) is 43.8 Å². The molecule has 3 aliphatic heterocycles. The quantitative estimate of drug-likeness (QED) is 0.879. The maximum Gasteiger partial charge on any atom is 0.0994 e. The number of hydrogen-bond acceptors (Lipinski definition) is 4. The van der Waals surface area contributed by atoms with Crippen LogP contribution in [-0.2, 0) is 4.74 Å². The van der Waals surface area contributed by atoms with Crippen molar-refractivity contribution in [1.82, 2.24) is 15.1 Å². The molecule has 4 nitrogen and oxygen atoms in total. The lowest BCUT2D eigenvalue weighted by Gasteiger charge is -2.36. The molecule has 3 unspecified atom stereocenters. The summed E-state index contributed by atoms with van der Waals surface area (Å²) in [7, 11) is 0. The predicted octanol–water partition coefficient (Wildman–Crippen LogP) is 3.18. The largest absolute Gasteiger partial charge is 0.379 e. The van der Waals surface area contributed by atoms with Crippen molar-refractivity contribution in [2.75, 3.05) is 32.8 Å². The van der Waals surface area contributed by atoms with Crippen LogP contribution in [0, 0.1) is 5.92 Å². The molecule has 2 saturated heterocycles. The maximum atomic E-state index is 6.12. The number of hydrogen-bond donors (Lipinski definition) is 1. The normalized spacial score (nSPS) is 31.8. The van der Waals surface area contributed by atoms with Gasteiger partial charge in [0.25, 0.3) is 0 Å². The van der Waals surface area contributed by atoms with Crippen molar-refractivity contribution >= 4 is 11.6 Å². The summed E-state index contributed by atoms with van der Waals surface area (Å²) < 4.78 is 5.54. The fourth-order valence-electron chi connectivity index (χ4n) is 4.40. The van der Waals surface area contributed by atoms with Crippen molar-refractivity contribution in [2.45, 2.75) is 31.1 Å². The lowest BCUT2D eigenvalue weighted by atomic mass is 9.99. The lowest BCUT2D eigenvalue weighted by Crippen LogP contribution is -2.46. The molecule has 3 fully saturated rings. The third-order valence-corrected chi connectivity index (χ3v) is 6.29. The Bertz CT molecular complexity index is 706. The van der Waals surface area contributed by atoms with Crippen LogP contribution >= 0.6 is 11.6 Å². The molecular weight excluding hydrogens is 346 g/mol. The highest BCUT2D eigenvalue weighted by atomic mass is 35.5. The summed E-state index contributed by atoms with van der Waals surface area (Å²) in [5.74, 6) is 0.783. The van der Waals surface area contributed by atoms with Gasteiger partial charge in [-0.3, -0.25) is 10.2 Å². The Balaban J connectivity index is 1.43. The number of ether oxygens (including phenoxy) is 1. The number of rotatable bonds is 4. The van der Waals surface area contributed by atoms with E-state index in [2.05, 4.69) is 45.6 Å². The van der Waals surface area contributed by atoms with Gasteiger partial charge in [0.1, 0.15) is 0 Å². The number of nitrogens with one attached hydrogen (secondary N) is 1. The Kier molecular flexibility index (Phi) is 4.53. The van der Waals surface area contributed by atoms with E-state index >= 15 is 0 Å². The molecule has 0 radical (unpaired) electrons. The van der Waals surface area contributed by atoms with Crippen molar-refractivity contribution in [3.05, 3.63) is 58.8 Å². The average molecular weight is 372 g/mol. The third kappa shape index (κ3) is 3.31. The molecule has 0 amide bonds. The highest BCUT2D eigenvalue weighted by Crippen LogP contribution is 2.41. The maximum absolute atomic E-state index is 6.12. The number of halogens is 1. The first-order valence-electron chi connectivity index (χ1n) is 9.77. The molecule has 1 aliphatic carbocycles. The van der Waals surface area contributed by atoms with Crippen molar-refractivity contribution in [3.8, 4) is 0 Å². The second-order valence-corrected chi connectivity index (χ2v) is 8.27. The first-order chi connectivity index (χ1) is 12.8. The molecule has 0 spiro atoms. The highest BCUT2D eigenvalue weighted by molar-refractivity contribution is 6.30. The van der Waals surface area contributed by atoms with Crippen molar-refractivity contribution in [3.63, 3.8) is 0 Å². The molecule has 3 heterocycles. The van der Waals surface area contributed by atoms with Crippen LogP contribution in [0.25, 0.3) is 0 Å². The first kappa shape index (κ1) is 16.8. The van der Waals surface area contributed by atoms with Gasteiger partial charge in [0.15, 0.2) is 0 Å². The van der Waals surface area contributed by atoms with Crippen molar-refractivity contribution in [1.29, 1.82) is 0 Å². The monoisotopic (exact) mass is 371 g/mol. The summed E-state index contributed by atoms with van der Waals surface area (Å²) in [4.78, 5) is 5.10. The van der Waals surface area contributed by atoms with Crippen molar-refractivity contribution < 1.29 is 4.74 Å². The van der Waals surface area contributed by atoms with Crippen LogP contribution in [0.5, 0.6) is 0 Å². The van der Waals surface area contributed by atoms with Gasteiger partial charge in [-0.15, -0.1) is 0 Å². The summed E-state index contributed by atoms with van der Waals surface area (Å²) in [5.41, 5.74) is 2.82. The second-order valence-electron chi connectivity index (χ2n) is 7.83. The fraction of sp³-hybridized carbons (Fsp3) is 0.524. The number of allylic oxidation sites excluding steroid dienone is 2. The van der Waals surface area contributed by atoms with Gasteiger partial charge in [-0.25, -0.2) is 0 Å². The van der Waals surface area contributed by atoms with Gasteiger partial charge in [0, 0.05) is 30.9 Å². The zero-order valence-corrected chi connectivity index (χ0v) is 15.7. The Morgan fingerprint density at radius 2 is 1.88 bits per heavy atom. The average Bonchev–Trinajstić information content (AvgIpc) is 3.47. The summed E-state index contributed by atoms with van der Waals surface area (Å²) in [6.45, 7) is 4.80. The Morgan fingerprint density at radius 3 is 2.62 bits per heavy atom. The topological polar surface area (TPSA) is 27.7 Å². The van der Waals surface area contributed by atoms with E-state index < -0.39 is 0 Å². The summed E-state index contributed by atoms with van der Waals surface area (Å²) in [6.07, 6.45) is 10.1. The molecule has 1 aromatic carbocycles. The van der Waals surface area contributed by atoms with E-state index in [0.29, 0.717) is 12.1 Å². The van der Waals surface area contributed by atoms with Crippen LogP contribution in [0.1, 0.15) is 24.4 Å². The van der Waals surface area contributed by atoms with Gasteiger partial charge in [-0.2, -0.15) is 0 Å². The van der Waals surface area contributed by atoms with Crippen LogP contribution in [0.15, 0.2) is 48.2 Å². The van der Waals surface area contributed by atoms with Gasteiger partial charge in [-0.05, 0) is 48.1 Å². The SMILES string of the molecule is Clc1ccc(C2NC3C=CC(C4CC4)=CN3C2CN2CCOCC2)cc1. The van der Waals surface area contributed by atoms with E-state index in [-0.39, 0.29) is 6.17 Å². The van der Waals surface area contributed by atoms with Crippen LogP contribution in [0.2, 0.25) is 5.02 Å². The molecule has 0 aromatic heterocycles. The fourth-order valence-corrected chi connectivity index (χ4v) is 4.53. The van der Waals surface area contributed by atoms with Crippen molar-refractivity contribution in [2.24, 2.45) is 5.92 Å². The Morgan fingerprint density at radius 1 is 1.12 bits per heavy atom. The molecule has 5 rings (SSSR count). The number of nitrogens with zero attached hydrogens (tertiary/aromatic N) is 2. The molecule has 5 heteroatoms. The third-order valence-electron chi connectivity index (χ3n) is 6.04. The van der Waals surface area contributed by atoms with E-state index in [1.165, 1.54) is 24.0 Å². The van der Waals surface area contributed by atoms with E-state index in [4.69, 9.17) is 16.3 Å². The standard InChI is InChI=1S/C21H26ClN3O/c22-18-6-3-16(4-7-18)21-19(14-24-9-11-26-12-10-24)25-13-17(15-1-2-15)5-8-20(25)23-21/h3-8,13,15,19-21,23H,1-2,9-12,14H2. The van der Waals surface area contributed by atoms with E-state index in [1.54, 1.807) is 0 Å². The minimum Gasteiger partial charge on any atom is -0.379 e. The zero-order chi connectivity index (χ0) is 17.5. The first-order valence-corrected chi connectivity index (χ1v) is 10.1. The minimum atomic E-state index is 0.282. The molecule has 0 bridgehead atoms. The van der Waals surface area contributed by atoms with Gasteiger partial charge in [0.2, 0.25) is 0 Å². The van der Waals surface area contributed by atoms with Gasteiger partial charge >= 0.3 is 0 Å². The Labute approximate surface area is 160 Å². The summed E-state index contributed by atoms with van der Waals surface area (Å²) in [6, 6.07) is 9.06. The Hall–Kier alpha value is -1.33. The lowest BCUT2D eigenvalue weighted by molar-refractivity contribution is 0.0277. The molecule has 1 aromatic rings. The number of fused-ring (bicyclic) bond motifs is 1.